The van der Waals surface area contributed by atoms with Gasteiger partial charge in [-0.2, -0.15) is 13.2 Å². The van der Waals surface area contributed by atoms with E-state index in [2.05, 4.69) is 5.32 Å². The summed E-state index contributed by atoms with van der Waals surface area (Å²) in [6, 6.07) is 11.8. The Balaban J connectivity index is 0.00000121. The molecule has 1 aliphatic heterocycles. The van der Waals surface area contributed by atoms with E-state index in [1.165, 1.54) is 5.56 Å². The zero-order valence-electron chi connectivity index (χ0n) is 14.1. The highest BCUT2D eigenvalue weighted by Gasteiger charge is 2.45. The molecule has 0 spiro atoms. The average molecular weight is 405 g/mol. The highest BCUT2D eigenvalue weighted by molar-refractivity contribution is 5.85. The van der Waals surface area contributed by atoms with E-state index in [1.807, 2.05) is 30.3 Å². The van der Waals surface area contributed by atoms with Crippen LogP contribution in [0.1, 0.15) is 22.7 Å². The number of hydrogen-bond acceptors (Lipinski definition) is 2. The fraction of sp³-hybridized carbons (Fsp3) is 0.368. The highest BCUT2D eigenvalue weighted by Crippen LogP contribution is 2.42. The van der Waals surface area contributed by atoms with Crippen molar-refractivity contribution in [2.45, 2.75) is 18.6 Å². The van der Waals surface area contributed by atoms with Gasteiger partial charge in [0, 0.05) is 26.2 Å². The van der Waals surface area contributed by atoms with E-state index < -0.39 is 12.2 Å². The summed E-state index contributed by atoms with van der Waals surface area (Å²) >= 11 is 0. The Morgan fingerprint density at radius 2 is 1.54 bits per heavy atom. The molecule has 2 nitrogen and oxygen atoms in total. The molecule has 26 heavy (non-hydrogen) atoms. The minimum absolute atomic E-state index is 0. The van der Waals surface area contributed by atoms with Crippen LogP contribution in [0.4, 0.5) is 13.2 Å². The monoisotopic (exact) mass is 404 g/mol. The summed E-state index contributed by atoms with van der Waals surface area (Å²) in [5, 5.41) is 3.12. The third-order valence-electron chi connectivity index (χ3n) is 4.96. The van der Waals surface area contributed by atoms with Gasteiger partial charge in [-0.05, 0) is 34.2 Å². The van der Waals surface area contributed by atoms with E-state index in [0.29, 0.717) is 38.2 Å². The quantitative estimate of drug-likeness (QED) is 0.670. The number of benzene rings is 2. The van der Waals surface area contributed by atoms with Crippen LogP contribution in [0.2, 0.25) is 0 Å². The Morgan fingerprint density at radius 3 is 2.23 bits per heavy atom. The van der Waals surface area contributed by atoms with E-state index in [9.17, 15) is 13.2 Å². The van der Waals surface area contributed by atoms with Gasteiger partial charge in [0.1, 0.15) is 6.04 Å². The largest absolute Gasteiger partial charge is 0.408 e. The van der Waals surface area contributed by atoms with Crippen LogP contribution in [0.25, 0.3) is 11.1 Å². The molecule has 1 aliphatic carbocycles. The molecular weight excluding hydrogens is 384 g/mol. The maximum atomic E-state index is 13.7. The minimum Gasteiger partial charge on any atom is -0.314 e. The van der Waals surface area contributed by atoms with Gasteiger partial charge < -0.3 is 5.32 Å². The Hall–Kier alpha value is -1.27. The van der Waals surface area contributed by atoms with Gasteiger partial charge in [-0.3, -0.25) is 4.90 Å². The van der Waals surface area contributed by atoms with Crippen molar-refractivity contribution in [3.63, 3.8) is 0 Å². The summed E-state index contributed by atoms with van der Waals surface area (Å²) in [6.45, 7) is 2.04. The molecule has 0 unspecified atom stereocenters. The van der Waals surface area contributed by atoms with E-state index in [4.69, 9.17) is 0 Å². The molecule has 7 heteroatoms. The van der Waals surface area contributed by atoms with Crippen molar-refractivity contribution in [2.75, 3.05) is 26.2 Å². The van der Waals surface area contributed by atoms with E-state index in [0.717, 1.165) is 16.7 Å². The molecule has 2 aliphatic rings. The lowest BCUT2D eigenvalue weighted by atomic mass is 9.98. The lowest BCUT2D eigenvalue weighted by Gasteiger charge is -2.36. The fourth-order valence-electron chi connectivity index (χ4n) is 3.88. The Kier molecular flexibility index (Phi) is 6.61. The fourth-order valence-corrected chi connectivity index (χ4v) is 3.88. The van der Waals surface area contributed by atoms with Crippen LogP contribution in [-0.4, -0.2) is 37.3 Å². The summed E-state index contributed by atoms with van der Waals surface area (Å²) in [4.78, 5) is 1.54. The van der Waals surface area contributed by atoms with Crippen molar-refractivity contribution in [3.8, 4) is 11.1 Å². The summed E-state index contributed by atoms with van der Waals surface area (Å²) in [7, 11) is 0. The number of fused-ring (bicyclic) bond motifs is 3. The third kappa shape index (κ3) is 3.86. The summed E-state index contributed by atoms with van der Waals surface area (Å²) in [5.41, 5.74) is 4.75. The molecule has 2 aromatic rings. The van der Waals surface area contributed by atoms with Gasteiger partial charge in [0.25, 0.3) is 0 Å². The first-order valence-electron chi connectivity index (χ1n) is 8.26. The van der Waals surface area contributed by atoms with Gasteiger partial charge in [0.2, 0.25) is 0 Å². The number of halogens is 5. The zero-order chi connectivity index (χ0) is 16.7. The van der Waals surface area contributed by atoms with Gasteiger partial charge in [-0.1, -0.05) is 42.5 Å². The lowest BCUT2D eigenvalue weighted by Crippen LogP contribution is -2.49. The van der Waals surface area contributed by atoms with Gasteiger partial charge in [0.15, 0.2) is 0 Å². The average Bonchev–Trinajstić information content (AvgIpc) is 2.92. The van der Waals surface area contributed by atoms with E-state index in [1.54, 1.807) is 17.0 Å². The standard InChI is InChI=1S/C19H19F3N2.2ClH/c20-19(21,22)18(24-9-7-23-8-10-24)14-5-6-17-15(12-14)11-13-3-1-2-4-16(13)17;;/h1-6,12,18,23H,7-11H2;2*1H/t18-;;/m1../s1. The van der Waals surface area contributed by atoms with Crippen LogP contribution in [-0.2, 0) is 6.42 Å². The molecule has 0 aromatic heterocycles. The van der Waals surface area contributed by atoms with Crippen molar-refractivity contribution >= 4 is 24.8 Å². The molecule has 1 N–H and O–H groups in total. The molecule has 1 heterocycles. The molecule has 0 saturated carbocycles. The first-order chi connectivity index (χ1) is 11.5. The first-order valence-corrected chi connectivity index (χ1v) is 8.26. The summed E-state index contributed by atoms with van der Waals surface area (Å²) in [6.07, 6.45) is -3.55. The molecule has 142 valence electrons. The highest BCUT2D eigenvalue weighted by atomic mass is 35.5. The van der Waals surface area contributed by atoms with Crippen molar-refractivity contribution in [1.82, 2.24) is 10.2 Å². The van der Waals surface area contributed by atoms with Crippen LogP contribution >= 0.6 is 24.8 Å². The Bertz CT molecular complexity index is 759. The topological polar surface area (TPSA) is 15.3 Å². The number of rotatable bonds is 2. The van der Waals surface area contributed by atoms with Crippen molar-refractivity contribution < 1.29 is 13.2 Å². The minimum atomic E-state index is -4.27. The Labute approximate surface area is 163 Å². The molecular formula is C19H21Cl2F3N2. The first kappa shape index (κ1) is 21.0. The zero-order valence-corrected chi connectivity index (χ0v) is 15.7. The van der Waals surface area contributed by atoms with Crippen molar-refractivity contribution in [2.24, 2.45) is 0 Å². The number of nitrogens with zero attached hydrogens (tertiary/aromatic N) is 1. The van der Waals surface area contributed by atoms with Crippen LogP contribution in [0, 0.1) is 0 Å². The maximum absolute atomic E-state index is 13.7. The SMILES string of the molecule is Cl.Cl.FC(F)(F)[C@@H](c1ccc2c(c1)Cc1ccccc1-2)N1CCNCC1. The van der Waals surface area contributed by atoms with Crippen LogP contribution < -0.4 is 5.32 Å². The van der Waals surface area contributed by atoms with Gasteiger partial charge in [0.05, 0.1) is 0 Å². The van der Waals surface area contributed by atoms with Crippen molar-refractivity contribution in [1.29, 1.82) is 0 Å². The van der Waals surface area contributed by atoms with E-state index >= 15 is 0 Å². The number of hydrogen-bond donors (Lipinski definition) is 1. The second-order valence-electron chi connectivity index (χ2n) is 6.48. The molecule has 1 atom stereocenters. The normalized spacial score (nSPS) is 17.5. The molecule has 0 radical (unpaired) electrons. The molecule has 1 fully saturated rings. The van der Waals surface area contributed by atoms with Crippen LogP contribution in [0.15, 0.2) is 42.5 Å². The molecule has 0 bridgehead atoms. The second-order valence-corrected chi connectivity index (χ2v) is 6.48. The molecule has 4 rings (SSSR count). The Morgan fingerprint density at radius 1 is 0.885 bits per heavy atom. The van der Waals surface area contributed by atoms with Gasteiger partial charge >= 0.3 is 6.18 Å². The molecule has 0 amide bonds. The van der Waals surface area contributed by atoms with Crippen LogP contribution in [0.3, 0.4) is 0 Å². The number of alkyl halides is 3. The van der Waals surface area contributed by atoms with Crippen molar-refractivity contribution in [3.05, 3.63) is 59.2 Å². The van der Waals surface area contributed by atoms with E-state index in [-0.39, 0.29) is 24.8 Å². The number of nitrogens with one attached hydrogen (secondary N) is 1. The predicted octanol–water partition coefficient (Wildman–Crippen LogP) is 4.61. The second kappa shape index (κ2) is 8.17. The summed E-state index contributed by atoms with van der Waals surface area (Å²) < 4.78 is 41.2. The molecule has 2 aromatic carbocycles. The van der Waals surface area contributed by atoms with Crippen LogP contribution in [0.5, 0.6) is 0 Å². The predicted molar refractivity (Wildman–Crippen MR) is 102 cm³/mol. The van der Waals surface area contributed by atoms with Gasteiger partial charge in [-0.25, -0.2) is 0 Å². The molecule has 1 saturated heterocycles. The third-order valence-corrected chi connectivity index (χ3v) is 4.96. The summed E-state index contributed by atoms with van der Waals surface area (Å²) in [5.74, 6) is 0. The maximum Gasteiger partial charge on any atom is 0.408 e. The lowest BCUT2D eigenvalue weighted by molar-refractivity contribution is -0.187. The number of piperazine rings is 1. The smallest absolute Gasteiger partial charge is 0.314 e. The van der Waals surface area contributed by atoms with Gasteiger partial charge in [-0.15, -0.1) is 24.8 Å².